The van der Waals surface area contributed by atoms with Gasteiger partial charge in [-0.25, -0.2) is 0 Å². The molecule has 0 saturated carbocycles. The van der Waals surface area contributed by atoms with E-state index in [2.05, 4.69) is 66.7 Å². The minimum atomic E-state index is -4.66. The molecule has 0 saturated heterocycles. The number of alkyl halides is 6. The summed E-state index contributed by atoms with van der Waals surface area (Å²) in [4.78, 5) is 0. The fraction of sp³-hybridized carbons (Fsp3) is 0.0508. The molecule has 69 heavy (non-hydrogen) atoms. The minimum Gasteiger partial charge on any atom is -0.309 e. The maximum Gasteiger partial charge on any atom is 0.416 e. The van der Waals surface area contributed by atoms with Crippen LogP contribution in [0.15, 0.2) is 194 Å². The second-order valence-electron chi connectivity index (χ2n) is 16.5. The van der Waals surface area contributed by atoms with Crippen molar-refractivity contribution in [2.45, 2.75) is 19.3 Å². The zero-order chi connectivity index (χ0) is 47.4. The Kier molecular flexibility index (Phi) is 13.1. The molecule has 1 unspecified atom stereocenters. The summed E-state index contributed by atoms with van der Waals surface area (Å²) in [7, 11) is -3.97. The van der Waals surface area contributed by atoms with Crippen molar-refractivity contribution < 1.29 is 60.1 Å². The van der Waals surface area contributed by atoms with Gasteiger partial charge < -0.3 is 4.57 Å². The SMILES string of the molecule is Cc1[c-]cccc1.O=P(c1cccc(Cl)c1)(c1cccc(C(F)(F)F)c1)c1ccc2cc(-c3cc[c-]c(C(F)(F)F)c3)c3cccc4ccc1c2c43.[Pu].[c-]1ccc2ccc3cccc4ccc1c2c43. The molecule has 10 heteroatoms. The van der Waals surface area contributed by atoms with E-state index in [-0.39, 0.29) is 44.8 Å². The van der Waals surface area contributed by atoms with E-state index in [9.17, 15) is 26.3 Å². The van der Waals surface area contributed by atoms with Crippen molar-refractivity contribution in [3.8, 4) is 11.1 Å². The van der Waals surface area contributed by atoms with E-state index in [0.717, 1.165) is 29.0 Å². The Bertz CT molecular complexity index is 3720. The van der Waals surface area contributed by atoms with Crippen LogP contribution >= 0.6 is 18.7 Å². The topological polar surface area (TPSA) is 17.1 Å². The van der Waals surface area contributed by atoms with Gasteiger partial charge in [-0.3, -0.25) is 0 Å². The molecule has 12 aromatic carbocycles. The first-order valence-corrected chi connectivity index (χ1v) is 23.6. The fourth-order valence-corrected chi connectivity index (χ4v) is 12.3. The van der Waals surface area contributed by atoms with Gasteiger partial charge in [0.2, 0.25) is 0 Å². The predicted molar refractivity (Wildman–Crippen MR) is 268 cm³/mol. The monoisotopic (exact) mass is 1180 g/mol. The Morgan fingerprint density at radius 2 is 1.10 bits per heavy atom. The van der Waals surface area contributed by atoms with E-state index in [4.69, 9.17) is 11.6 Å². The molecule has 0 aliphatic carbocycles. The molecule has 0 bridgehead atoms. The van der Waals surface area contributed by atoms with E-state index >= 15 is 4.57 Å². The normalized spacial score (nSPS) is 12.7. The quantitative estimate of drug-likeness (QED) is 0.0743. The van der Waals surface area contributed by atoms with Crippen molar-refractivity contribution in [2.24, 2.45) is 0 Å². The first kappa shape index (κ1) is 47.9. The van der Waals surface area contributed by atoms with Gasteiger partial charge in [0.15, 0.2) is 7.14 Å². The van der Waals surface area contributed by atoms with Crippen LogP contribution in [0, 0.1) is 54.3 Å². The van der Waals surface area contributed by atoms with Crippen LogP contribution < -0.4 is 15.9 Å². The number of benzene rings is 12. The molecule has 0 aliphatic heterocycles. The van der Waals surface area contributed by atoms with Gasteiger partial charge in [0.25, 0.3) is 0 Å². The molecule has 0 N–H and O–H groups in total. The van der Waals surface area contributed by atoms with Gasteiger partial charge in [0, 0.05) is 50.1 Å². The maximum atomic E-state index is 15.5. The van der Waals surface area contributed by atoms with Crippen molar-refractivity contribution >= 4 is 99.3 Å². The number of hydrogen-bond acceptors (Lipinski definition) is 1. The van der Waals surface area contributed by atoms with Crippen LogP contribution in [-0.2, 0) is 16.9 Å². The fourth-order valence-electron chi connectivity index (χ4n) is 9.17. The molecule has 340 valence electrons. The van der Waals surface area contributed by atoms with Crippen LogP contribution in [0.25, 0.3) is 75.8 Å². The standard InChI is InChI=1S/C36H19ClF6OP.C16H9.C7H7.Pu/c37-26-9-4-11-28(20-26)45(44,27-10-3-8-25(19-27)36(41,42)43)32-16-14-23-18-31(22-6-1-7-24(17-22)35(38,39)40)29-12-2-5-21-13-15-30(32)34(23)33(21)29;1-3-11-7-9-13-5-2-6-14-10-8-12(4-1)15(11)16(13)14;1-7-5-3-2-4-6-7;/h1-6,8-20H;1-5,7-10H;2-5H,1H3;/q3*-1;. The molecule has 0 aromatic heterocycles. The van der Waals surface area contributed by atoms with Gasteiger partial charge in [-0.2, -0.15) is 86.5 Å². The summed E-state index contributed by atoms with van der Waals surface area (Å²) >= 11 is 6.31. The summed E-state index contributed by atoms with van der Waals surface area (Å²) in [5.41, 5.74) is 0.305. The van der Waals surface area contributed by atoms with E-state index in [0.29, 0.717) is 38.0 Å². The zero-order valence-electron chi connectivity index (χ0n) is 36.4. The smallest absolute Gasteiger partial charge is 0.309 e. The van der Waals surface area contributed by atoms with E-state index in [1.807, 2.05) is 61.5 Å². The predicted octanol–water partition coefficient (Wildman–Crippen LogP) is 16.6. The van der Waals surface area contributed by atoms with Gasteiger partial charge in [0.1, 0.15) is 0 Å². The summed E-state index contributed by atoms with van der Waals surface area (Å²) in [5.74, 6) is 0. The Morgan fingerprint density at radius 1 is 0.478 bits per heavy atom. The second-order valence-corrected chi connectivity index (χ2v) is 19.7. The number of hydrogen-bond donors (Lipinski definition) is 0. The summed E-state index contributed by atoms with van der Waals surface area (Å²) in [6.45, 7) is 2.03. The maximum absolute atomic E-state index is 15.5. The Morgan fingerprint density at radius 3 is 1.78 bits per heavy atom. The van der Waals surface area contributed by atoms with Crippen molar-refractivity contribution in [1.82, 2.24) is 0 Å². The Balaban J connectivity index is 0.000000200. The van der Waals surface area contributed by atoms with Gasteiger partial charge in [-0.1, -0.05) is 127 Å². The van der Waals surface area contributed by atoms with Crippen LogP contribution in [0.3, 0.4) is 0 Å². The van der Waals surface area contributed by atoms with Crippen LogP contribution in [0.5, 0.6) is 0 Å². The molecule has 12 aromatic rings. The molecule has 0 spiro atoms. The molecule has 12 rings (SSSR count). The number of rotatable bonds is 4. The van der Waals surface area contributed by atoms with Crippen LogP contribution in [-0.4, -0.2) is 0 Å². The Labute approximate surface area is 421 Å². The zero-order valence-corrected chi connectivity index (χ0v) is 41.4. The number of aryl methyl sites for hydroxylation is 1. The molecule has 1 nitrogen and oxygen atoms in total. The second kappa shape index (κ2) is 19.0. The van der Waals surface area contributed by atoms with E-state index < -0.39 is 30.6 Å². The Hall–Kier alpha value is -6.19. The van der Waals surface area contributed by atoms with Crippen molar-refractivity contribution in [3.05, 3.63) is 234 Å². The molecule has 0 radical (unpaired) electrons. The average Bonchev–Trinajstić information content (AvgIpc) is 3.35. The largest absolute Gasteiger partial charge is 0.416 e. The average molecular weight is 1180 g/mol. The molecular weight excluding hydrogens is 1150 g/mol. The van der Waals surface area contributed by atoms with Crippen molar-refractivity contribution in [2.75, 3.05) is 0 Å². The number of halogens is 7. The third-order valence-electron chi connectivity index (χ3n) is 12.3. The van der Waals surface area contributed by atoms with E-state index in [1.54, 1.807) is 48.5 Å². The molecule has 0 amide bonds. The first-order valence-electron chi connectivity index (χ1n) is 21.5. The molecule has 1 atom stereocenters. The van der Waals surface area contributed by atoms with Crippen molar-refractivity contribution in [3.63, 3.8) is 0 Å². The summed E-state index contributed by atoms with van der Waals surface area (Å²) in [6, 6.07) is 64.8. The van der Waals surface area contributed by atoms with Gasteiger partial charge in [-0.05, 0) is 90.4 Å². The van der Waals surface area contributed by atoms with Crippen LogP contribution in [0.4, 0.5) is 26.3 Å². The van der Waals surface area contributed by atoms with Crippen molar-refractivity contribution in [1.29, 1.82) is 0 Å². The third-order valence-corrected chi connectivity index (χ3v) is 15.6. The summed E-state index contributed by atoms with van der Waals surface area (Å²) in [5, 5.41) is 12.9. The third kappa shape index (κ3) is 9.11. The summed E-state index contributed by atoms with van der Waals surface area (Å²) < 4.78 is 97.8. The molecule has 0 heterocycles. The first-order chi connectivity index (χ1) is 32.7. The van der Waals surface area contributed by atoms with E-state index in [1.165, 1.54) is 62.1 Å². The minimum absolute atomic E-state index is 0. The van der Waals surface area contributed by atoms with Crippen LogP contribution in [0.1, 0.15) is 16.7 Å². The molecular formula is C59H35ClF6OPPu-3. The molecule has 0 fully saturated rings. The van der Waals surface area contributed by atoms with Gasteiger partial charge in [0.05, 0.1) is 5.56 Å². The molecule has 0 aliphatic rings. The van der Waals surface area contributed by atoms with Crippen LogP contribution in [0.2, 0.25) is 5.02 Å². The van der Waals surface area contributed by atoms with Gasteiger partial charge >= 0.3 is 12.4 Å². The summed E-state index contributed by atoms with van der Waals surface area (Å²) in [6.07, 6.45) is -9.23. The van der Waals surface area contributed by atoms with Gasteiger partial charge in [-0.15, -0.1) is 40.6 Å².